The van der Waals surface area contributed by atoms with Gasteiger partial charge in [-0.25, -0.2) is 0 Å². The summed E-state index contributed by atoms with van der Waals surface area (Å²) in [5.41, 5.74) is 0.528. The number of nitrogens with one attached hydrogen (secondary N) is 2. The van der Waals surface area contributed by atoms with Gasteiger partial charge in [-0.1, -0.05) is 0 Å². The van der Waals surface area contributed by atoms with Gasteiger partial charge in [-0.05, 0) is 29.9 Å². The fraction of sp³-hybridized carbons (Fsp3) is 0.444. The molecule has 0 aliphatic heterocycles. The Hall–Kier alpha value is -0.810. The number of carbonyl (C=O) groups excluding carboxylic acids is 1. The highest BCUT2D eigenvalue weighted by atomic mass is 79.9. The van der Waals surface area contributed by atoms with Gasteiger partial charge in [0.15, 0.2) is 4.67 Å². The standard InChI is InChI=1S/C9H13BrN2O2/c1-6(11-2)4-12-9(13)7-3-8(10)14-5-7/h3,5-6,11H,4H2,1-2H3,(H,12,13). The molecule has 1 amide bonds. The topological polar surface area (TPSA) is 54.3 Å². The van der Waals surface area contributed by atoms with E-state index in [2.05, 4.69) is 26.6 Å². The smallest absolute Gasteiger partial charge is 0.254 e. The molecule has 0 aliphatic carbocycles. The second kappa shape index (κ2) is 5.17. The molecule has 0 spiro atoms. The van der Waals surface area contributed by atoms with E-state index in [1.54, 1.807) is 6.07 Å². The van der Waals surface area contributed by atoms with Gasteiger partial charge in [-0.15, -0.1) is 0 Å². The minimum absolute atomic E-state index is 0.124. The second-order valence-corrected chi connectivity index (χ2v) is 3.82. The molecule has 0 fully saturated rings. The molecular formula is C9H13BrN2O2. The maximum atomic E-state index is 11.5. The van der Waals surface area contributed by atoms with Crippen LogP contribution in [0.2, 0.25) is 0 Å². The summed E-state index contributed by atoms with van der Waals surface area (Å²) in [6.45, 7) is 2.59. The average molecular weight is 261 g/mol. The molecule has 14 heavy (non-hydrogen) atoms. The van der Waals surface area contributed by atoms with E-state index in [-0.39, 0.29) is 11.9 Å². The van der Waals surface area contributed by atoms with E-state index in [1.807, 2.05) is 14.0 Å². The lowest BCUT2D eigenvalue weighted by molar-refractivity contribution is 0.0950. The third-order valence-corrected chi connectivity index (χ3v) is 2.31. The van der Waals surface area contributed by atoms with E-state index in [4.69, 9.17) is 4.42 Å². The minimum Gasteiger partial charge on any atom is -0.457 e. The van der Waals surface area contributed by atoms with Crippen LogP contribution in [0.15, 0.2) is 21.4 Å². The largest absolute Gasteiger partial charge is 0.457 e. The number of hydrogen-bond acceptors (Lipinski definition) is 3. The molecule has 78 valence electrons. The van der Waals surface area contributed by atoms with Gasteiger partial charge in [0, 0.05) is 18.7 Å². The molecular weight excluding hydrogens is 248 g/mol. The van der Waals surface area contributed by atoms with Gasteiger partial charge in [-0.2, -0.15) is 0 Å². The molecule has 0 radical (unpaired) electrons. The molecule has 1 rings (SSSR count). The lowest BCUT2D eigenvalue weighted by Gasteiger charge is -2.10. The maximum absolute atomic E-state index is 11.5. The SMILES string of the molecule is CNC(C)CNC(=O)c1coc(Br)c1. The Kier molecular flexibility index (Phi) is 4.16. The third kappa shape index (κ3) is 3.16. The van der Waals surface area contributed by atoms with Crippen LogP contribution in [0.25, 0.3) is 0 Å². The van der Waals surface area contributed by atoms with E-state index in [9.17, 15) is 4.79 Å². The first-order chi connectivity index (χ1) is 6.63. The Labute approximate surface area is 91.2 Å². The summed E-state index contributed by atoms with van der Waals surface area (Å²) in [6, 6.07) is 1.90. The van der Waals surface area contributed by atoms with Crippen molar-refractivity contribution in [2.24, 2.45) is 0 Å². The lowest BCUT2D eigenvalue weighted by atomic mass is 10.3. The third-order valence-electron chi connectivity index (χ3n) is 1.89. The highest BCUT2D eigenvalue weighted by Crippen LogP contribution is 2.13. The molecule has 0 saturated heterocycles. The first kappa shape index (κ1) is 11.3. The van der Waals surface area contributed by atoms with Gasteiger partial charge in [0.1, 0.15) is 6.26 Å². The Bertz CT molecular complexity index is 312. The Morgan fingerprint density at radius 2 is 2.43 bits per heavy atom. The van der Waals surface area contributed by atoms with Gasteiger partial charge in [0.2, 0.25) is 0 Å². The quantitative estimate of drug-likeness (QED) is 0.860. The zero-order chi connectivity index (χ0) is 10.6. The maximum Gasteiger partial charge on any atom is 0.254 e. The number of likely N-dealkylation sites (N-methyl/N-ethyl adjacent to an activating group) is 1. The lowest BCUT2D eigenvalue weighted by Crippen LogP contribution is -2.36. The van der Waals surface area contributed by atoms with Crippen LogP contribution >= 0.6 is 15.9 Å². The van der Waals surface area contributed by atoms with Crippen molar-refractivity contribution >= 4 is 21.8 Å². The summed E-state index contributed by atoms with van der Waals surface area (Å²) in [7, 11) is 1.85. The number of rotatable bonds is 4. The van der Waals surface area contributed by atoms with Crippen molar-refractivity contribution < 1.29 is 9.21 Å². The molecule has 5 heteroatoms. The van der Waals surface area contributed by atoms with Crippen LogP contribution in [-0.2, 0) is 0 Å². The first-order valence-electron chi connectivity index (χ1n) is 4.33. The summed E-state index contributed by atoms with van der Waals surface area (Å²) in [4.78, 5) is 11.5. The van der Waals surface area contributed by atoms with E-state index < -0.39 is 0 Å². The molecule has 1 aromatic rings. The van der Waals surface area contributed by atoms with Crippen molar-refractivity contribution in [3.05, 3.63) is 22.6 Å². The van der Waals surface area contributed by atoms with E-state index >= 15 is 0 Å². The molecule has 2 N–H and O–H groups in total. The fourth-order valence-electron chi connectivity index (χ4n) is 0.879. The number of halogens is 1. The summed E-state index contributed by atoms with van der Waals surface area (Å²) >= 11 is 3.14. The first-order valence-corrected chi connectivity index (χ1v) is 5.12. The molecule has 4 nitrogen and oxygen atoms in total. The van der Waals surface area contributed by atoms with Gasteiger partial charge in [-0.3, -0.25) is 4.79 Å². The van der Waals surface area contributed by atoms with Crippen LogP contribution in [0, 0.1) is 0 Å². The predicted octanol–water partition coefficient (Wildman–Crippen LogP) is 1.38. The molecule has 1 atom stereocenters. The van der Waals surface area contributed by atoms with E-state index in [0.29, 0.717) is 16.8 Å². The number of amides is 1. The van der Waals surface area contributed by atoms with Crippen molar-refractivity contribution in [3.63, 3.8) is 0 Å². The summed E-state index contributed by atoms with van der Waals surface area (Å²) in [5, 5.41) is 5.81. The molecule has 0 bridgehead atoms. The molecule has 0 aliphatic rings. The summed E-state index contributed by atoms with van der Waals surface area (Å²) in [5.74, 6) is -0.124. The highest BCUT2D eigenvalue weighted by Gasteiger charge is 2.09. The Morgan fingerprint density at radius 3 is 2.93 bits per heavy atom. The van der Waals surface area contributed by atoms with Gasteiger partial charge in [0.25, 0.3) is 5.91 Å². The molecule has 0 saturated carbocycles. The van der Waals surface area contributed by atoms with Crippen molar-refractivity contribution in [1.82, 2.24) is 10.6 Å². The predicted molar refractivity (Wildman–Crippen MR) is 57.3 cm³/mol. The minimum atomic E-state index is -0.124. The van der Waals surface area contributed by atoms with Crippen LogP contribution < -0.4 is 10.6 Å². The second-order valence-electron chi connectivity index (χ2n) is 3.04. The number of hydrogen-bond donors (Lipinski definition) is 2. The molecule has 1 heterocycles. The van der Waals surface area contributed by atoms with Crippen molar-refractivity contribution in [2.75, 3.05) is 13.6 Å². The van der Waals surface area contributed by atoms with Gasteiger partial charge < -0.3 is 15.1 Å². The average Bonchev–Trinajstić information content (AvgIpc) is 2.60. The number of carbonyl (C=O) groups is 1. The van der Waals surface area contributed by atoms with Crippen molar-refractivity contribution in [2.45, 2.75) is 13.0 Å². The molecule has 1 unspecified atom stereocenters. The zero-order valence-corrected chi connectivity index (χ0v) is 9.72. The number of furan rings is 1. The van der Waals surface area contributed by atoms with Gasteiger partial charge >= 0.3 is 0 Å². The normalized spacial score (nSPS) is 12.5. The van der Waals surface area contributed by atoms with E-state index in [1.165, 1.54) is 6.26 Å². The van der Waals surface area contributed by atoms with Crippen molar-refractivity contribution in [1.29, 1.82) is 0 Å². The van der Waals surface area contributed by atoms with Gasteiger partial charge in [0.05, 0.1) is 5.56 Å². The van der Waals surface area contributed by atoms with Crippen LogP contribution in [0.1, 0.15) is 17.3 Å². The van der Waals surface area contributed by atoms with Crippen LogP contribution in [0.4, 0.5) is 0 Å². The van der Waals surface area contributed by atoms with Crippen molar-refractivity contribution in [3.8, 4) is 0 Å². The molecule has 0 aromatic carbocycles. The highest BCUT2D eigenvalue weighted by molar-refractivity contribution is 9.10. The zero-order valence-electron chi connectivity index (χ0n) is 8.13. The Morgan fingerprint density at radius 1 is 1.71 bits per heavy atom. The van der Waals surface area contributed by atoms with Crippen LogP contribution in [0.3, 0.4) is 0 Å². The van der Waals surface area contributed by atoms with E-state index in [0.717, 1.165) is 0 Å². The summed E-state index contributed by atoms with van der Waals surface area (Å²) in [6.07, 6.45) is 1.42. The summed E-state index contributed by atoms with van der Waals surface area (Å²) < 4.78 is 5.52. The fourth-order valence-corrected chi connectivity index (χ4v) is 1.22. The van der Waals surface area contributed by atoms with Crippen LogP contribution in [-0.4, -0.2) is 25.5 Å². The Balaban J connectivity index is 2.43. The monoisotopic (exact) mass is 260 g/mol. The molecule has 1 aromatic heterocycles. The van der Waals surface area contributed by atoms with Crippen LogP contribution in [0.5, 0.6) is 0 Å².